The third-order valence-corrected chi connectivity index (χ3v) is 4.45. The summed E-state index contributed by atoms with van der Waals surface area (Å²) in [5, 5.41) is 11.2. The zero-order valence-corrected chi connectivity index (χ0v) is 15.1. The van der Waals surface area contributed by atoms with Crippen molar-refractivity contribution >= 4 is 22.5 Å². The molecular weight excluding hydrogens is 372 g/mol. The SMILES string of the molecule is O=c1c2ccc(Cl)cc2ncn1C[C@@H](O)COCc1ccc2c(c1)OCO2. The molecule has 0 amide bonds. The summed E-state index contributed by atoms with van der Waals surface area (Å²) >= 11 is 5.91. The topological polar surface area (TPSA) is 82.8 Å². The molecule has 140 valence electrons. The van der Waals surface area contributed by atoms with Crippen LogP contribution in [0.1, 0.15) is 5.56 Å². The predicted octanol–water partition coefficient (Wildman–Crippen LogP) is 2.36. The van der Waals surface area contributed by atoms with Gasteiger partial charge in [-0.15, -0.1) is 0 Å². The Morgan fingerprint density at radius 3 is 2.96 bits per heavy atom. The van der Waals surface area contributed by atoms with Crippen LogP contribution in [0.4, 0.5) is 0 Å². The lowest BCUT2D eigenvalue weighted by Crippen LogP contribution is -2.29. The molecule has 0 aliphatic carbocycles. The highest BCUT2D eigenvalue weighted by Crippen LogP contribution is 2.32. The van der Waals surface area contributed by atoms with Gasteiger partial charge in [0.2, 0.25) is 6.79 Å². The quantitative estimate of drug-likeness (QED) is 0.698. The minimum atomic E-state index is -0.844. The molecule has 1 aliphatic heterocycles. The van der Waals surface area contributed by atoms with Crippen molar-refractivity contribution in [2.24, 2.45) is 0 Å². The first-order chi connectivity index (χ1) is 13.1. The highest BCUT2D eigenvalue weighted by Gasteiger charge is 2.14. The van der Waals surface area contributed by atoms with Crippen molar-refractivity contribution in [3.63, 3.8) is 0 Å². The number of nitrogens with zero attached hydrogens (tertiary/aromatic N) is 2. The van der Waals surface area contributed by atoms with E-state index < -0.39 is 6.10 Å². The van der Waals surface area contributed by atoms with Crippen molar-refractivity contribution in [2.45, 2.75) is 19.3 Å². The average Bonchev–Trinajstić information content (AvgIpc) is 3.12. The molecule has 8 heteroatoms. The van der Waals surface area contributed by atoms with Crippen LogP contribution in [-0.2, 0) is 17.9 Å². The minimum absolute atomic E-state index is 0.0829. The summed E-state index contributed by atoms with van der Waals surface area (Å²) in [6.07, 6.45) is 0.561. The molecule has 0 bridgehead atoms. The molecule has 0 radical (unpaired) electrons. The van der Waals surface area contributed by atoms with Crippen LogP contribution in [0.25, 0.3) is 10.9 Å². The summed E-state index contributed by atoms with van der Waals surface area (Å²) in [5.74, 6) is 1.40. The number of aliphatic hydroxyl groups is 1. The second-order valence-corrected chi connectivity index (χ2v) is 6.66. The fraction of sp³-hybridized carbons (Fsp3) is 0.263. The van der Waals surface area contributed by atoms with Gasteiger partial charge in [0.05, 0.1) is 43.1 Å². The van der Waals surface area contributed by atoms with Crippen LogP contribution < -0.4 is 15.0 Å². The molecule has 0 saturated heterocycles. The van der Waals surface area contributed by atoms with Gasteiger partial charge in [0, 0.05) is 5.02 Å². The zero-order chi connectivity index (χ0) is 18.8. The normalized spacial score (nSPS) is 13.9. The van der Waals surface area contributed by atoms with E-state index in [4.69, 9.17) is 25.8 Å². The van der Waals surface area contributed by atoms with Gasteiger partial charge in [0.25, 0.3) is 5.56 Å². The Balaban J connectivity index is 1.36. The molecule has 27 heavy (non-hydrogen) atoms. The standard InChI is InChI=1S/C19H17ClN2O5/c20-13-2-3-15-16(6-13)21-10-22(19(15)24)7-14(23)9-25-8-12-1-4-17-18(5-12)27-11-26-17/h1-6,10,14,23H,7-9,11H2/t14-/m1/s1. The minimum Gasteiger partial charge on any atom is -0.454 e. The van der Waals surface area contributed by atoms with Gasteiger partial charge < -0.3 is 19.3 Å². The van der Waals surface area contributed by atoms with Crippen LogP contribution in [0.3, 0.4) is 0 Å². The van der Waals surface area contributed by atoms with Gasteiger partial charge in [-0.25, -0.2) is 4.98 Å². The van der Waals surface area contributed by atoms with Gasteiger partial charge in [0.15, 0.2) is 11.5 Å². The second-order valence-electron chi connectivity index (χ2n) is 6.22. The van der Waals surface area contributed by atoms with Crippen molar-refractivity contribution in [3.8, 4) is 11.5 Å². The van der Waals surface area contributed by atoms with Crippen LogP contribution >= 0.6 is 11.6 Å². The molecule has 0 unspecified atom stereocenters. The van der Waals surface area contributed by atoms with Crippen molar-refractivity contribution in [2.75, 3.05) is 13.4 Å². The number of ether oxygens (including phenoxy) is 3. The zero-order valence-electron chi connectivity index (χ0n) is 14.3. The van der Waals surface area contributed by atoms with Gasteiger partial charge in [-0.2, -0.15) is 0 Å². The highest BCUT2D eigenvalue weighted by molar-refractivity contribution is 6.31. The van der Waals surface area contributed by atoms with Crippen LogP contribution in [0, 0.1) is 0 Å². The lowest BCUT2D eigenvalue weighted by atomic mass is 10.2. The number of halogens is 1. The van der Waals surface area contributed by atoms with Crippen LogP contribution in [0.2, 0.25) is 5.02 Å². The van der Waals surface area contributed by atoms with Gasteiger partial charge in [-0.05, 0) is 35.9 Å². The summed E-state index contributed by atoms with van der Waals surface area (Å²) in [6, 6.07) is 10.5. The number of hydrogen-bond donors (Lipinski definition) is 1. The number of aromatic nitrogens is 2. The van der Waals surface area contributed by atoms with Crippen molar-refractivity contribution < 1.29 is 19.3 Å². The molecular formula is C19H17ClN2O5. The molecule has 2 heterocycles. The Kier molecular flexibility index (Phi) is 4.98. The van der Waals surface area contributed by atoms with E-state index in [1.807, 2.05) is 18.2 Å². The summed E-state index contributed by atoms with van der Waals surface area (Å²) in [7, 11) is 0. The lowest BCUT2D eigenvalue weighted by molar-refractivity contribution is 0.0198. The fourth-order valence-corrected chi connectivity index (χ4v) is 3.05. The van der Waals surface area contributed by atoms with Crippen molar-refractivity contribution in [1.29, 1.82) is 0 Å². The molecule has 2 aromatic carbocycles. The third-order valence-electron chi connectivity index (χ3n) is 4.21. The third kappa shape index (κ3) is 3.90. The molecule has 1 N–H and O–H groups in total. The first-order valence-electron chi connectivity index (χ1n) is 8.39. The van der Waals surface area contributed by atoms with E-state index in [2.05, 4.69) is 4.98 Å². The number of hydrogen-bond acceptors (Lipinski definition) is 6. The Morgan fingerprint density at radius 1 is 1.22 bits per heavy atom. The Labute approximate surface area is 159 Å². The van der Waals surface area contributed by atoms with Crippen LogP contribution in [0.5, 0.6) is 11.5 Å². The number of benzene rings is 2. The summed E-state index contributed by atoms with van der Waals surface area (Å²) in [4.78, 5) is 16.7. The maximum Gasteiger partial charge on any atom is 0.261 e. The van der Waals surface area contributed by atoms with Gasteiger partial charge in [-0.3, -0.25) is 9.36 Å². The van der Waals surface area contributed by atoms with Gasteiger partial charge >= 0.3 is 0 Å². The molecule has 1 aromatic heterocycles. The fourth-order valence-electron chi connectivity index (χ4n) is 2.88. The van der Waals surface area contributed by atoms with E-state index in [9.17, 15) is 9.90 Å². The largest absolute Gasteiger partial charge is 0.454 e. The molecule has 0 spiro atoms. The molecule has 0 fully saturated rings. The number of rotatable bonds is 6. The van der Waals surface area contributed by atoms with E-state index in [0.717, 1.165) is 5.56 Å². The number of aliphatic hydroxyl groups excluding tert-OH is 1. The summed E-state index contributed by atoms with van der Waals surface area (Å²) in [5.41, 5.74) is 1.21. The van der Waals surface area contributed by atoms with E-state index >= 15 is 0 Å². The molecule has 4 rings (SSSR count). The molecule has 3 aromatic rings. The smallest absolute Gasteiger partial charge is 0.261 e. The van der Waals surface area contributed by atoms with Crippen molar-refractivity contribution in [1.82, 2.24) is 9.55 Å². The molecule has 0 saturated carbocycles. The second kappa shape index (κ2) is 7.56. The molecule has 1 atom stereocenters. The first kappa shape index (κ1) is 17.8. The highest BCUT2D eigenvalue weighted by atomic mass is 35.5. The van der Waals surface area contributed by atoms with Gasteiger partial charge in [0.1, 0.15) is 0 Å². The van der Waals surface area contributed by atoms with E-state index in [0.29, 0.717) is 34.0 Å². The van der Waals surface area contributed by atoms with Gasteiger partial charge in [-0.1, -0.05) is 17.7 Å². The molecule has 7 nitrogen and oxygen atoms in total. The van der Waals surface area contributed by atoms with E-state index in [1.54, 1.807) is 18.2 Å². The van der Waals surface area contributed by atoms with E-state index in [1.165, 1.54) is 10.9 Å². The Morgan fingerprint density at radius 2 is 2.07 bits per heavy atom. The maximum absolute atomic E-state index is 12.5. The van der Waals surface area contributed by atoms with E-state index in [-0.39, 0.29) is 25.5 Å². The number of fused-ring (bicyclic) bond motifs is 2. The lowest BCUT2D eigenvalue weighted by Gasteiger charge is -2.13. The Bertz CT molecular complexity index is 1040. The maximum atomic E-state index is 12.5. The van der Waals surface area contributed by atoms with Crippen LogP contribution in [-0.4, -0.2) is 34.2 Å². The van der Waals surface area contributed by atoms with Crippen molar-refractivity contribution in [3.05, 3.63) is 63.7 Å². The predicted molar refractivity (Wildman–Crippen MR) is 99.2 cm³/mol. The monoisotopic (exact) mass is 388 g/mol. The van der Waals surface area contributed by atoms with Crippen LogP contribution in [0.15, 0.2) is 47.5 Å². The summed E-state index contributed by atoms with van der Waals surface area (Å²) < 4.78 is 17.5. The Hall–Kier alpha value is -2.61. The first-order valence-corrected chi connectivity index (χ1v) is 8.77. The average molecular weight is 389 g/mol. The summed E-state index contributed by atoms with van der Waals surface area (Å²) in [6.45, 7) is 0.710. The molecule has 1 aliphatic rings.